The molecule has 21 heavy (non-hydrogen) atoms. The molecular formula is C16H24N2O3. The molecule has 2 unspecified atom stereocenters. The summed E-state index contributed by atoms with van der Waals surface area (Å²) < 4.78 is 5.29. The van der Waals surface area contributed by atoms with E-state index in [2.05, 4.69) is 10.6 Å². The fourth-order valence-corrected chi connectivity index (χ4v) is 2.48. The minimum atomic E-state index is -0.479. The molecule has 1 heterocycles. The van der Waals surface area contributed by atoms with Crippen molar-refractivity contribution >= 4 is 6.09 Å². The van der Waals surface area contributed by atoms with Crippen LogP contribution in [0.25, 0.3) is 0 Å². The summed E-state index contributed by atoms with van der Waals surface area (Å²) in [6.07, 6.45) is 1.33. The van der Waals surface area contributed by atoms with Gasteiger partial charge in [0.15, 0.2) is 0 Å². The van der Waals surface area contributed by atoms with Crippen LogP contribution in [0.2, 0.25) is 0 Å². The number of piperidine rings is 1. The molecule has 2 rings (SSSR count). The summed E-state index contributed by atoms with van der Waals surface area (Å²) in [5.74, 6) is 0.262. The number of hydrogen-bond donors (Lipinski definition) is 3. The second kappa shape index (κ2) is 6.35. The Morgan fingerprint density at radius 1 is 1.33 bits per heavy atom. The predicted molar refractivity (Wildman–Crippen MR) is 81.2 cm³/mol. The molecule has 0 aliphatic carbocycles. The van der Waals surface area contributed by atoms with Gasteiger partial charge >= 0.3 is 6.09 Å². The highest BCUT2D eigenvalue weighted by Gasteiger charge is 2.25. The first kappa shape index (κ1) is 15.6. The summed E-state index contributed by atoms with van der Waals surface area (Å²) in [4.78, 5) is 11.8. The van der Waals surface area contributed by atoms with Crippen LogP contribution in [0.3, 0.4) is 0 Å². The van der Waals surface area contributed by atoms with Crippen LogP contribution in [0.4, 0.5) is 4.79 Å². The molecule has 0 aromatic heterocycles. The monoisotopic (exact) mass is 292 g/mol. The maximum atomic E-state index is 11.8. The van der Waals surface area contributed by atoms with Gasteiger partial charge in [0.05, 0.1) is 0 Å². The summed E-state index contributed by atoms with van der Waals surface area (Å²) >= 11 is 0. The van der Waals surface area contributed by atoms with Crippen molar-refractivity contribution in [1.82, 2.24) is 10.6 Å². The summed E-state index contributed by atoms with van der Waals surface area (Å²) in [7, 11) is 0. The van der Waals surface area contributed by atoms with Crippen LogP contribution in [0.1, 0.15) is 45.2 Å². The molecule has 1 aliphatic heterocycles. The van der Waals surface area contributed by atoms with Crippen molar-refractivity contribution in [3.63, 3.8) is 0 Å². The van der Waals surface area contributed by atoms with E-state index in [0.717, 1.165) is 24.9 Å². The van der Waals surface area contributed by atoms with Crippen molar-refractivity contribution in [1.29, 1.82) is 0 Å². The summed E-state index contributed by atoms with van der Waals surface area (Å²) in [6.45, 7) is 6.41. The fraction of sp³-hybridized carbons (Fsp3) is 0.562. The fourth-order valence-electron chi connectivity index (χ4n) is 2.48. The van der Waals surface area contributed by atoms with E-state index >= 15 is 0 Å². The van der Waals surface area contributed by atoms with Crippen LogP contribution in [0, 0.1) is 0 Å². The summed E-state index contributed by atoms with van der Waals surface area (Å²) in [5.41, 5.74) is 0.636. The van der Waals surface area contributed by atoms with E-state index < -0.39 is 5.60 Å². The van der Waals surface area contributed by atoms with Gasteiger partial charge < -0.3 is 20.5 Å². The van der Waals surface area contributed by atoms with E-state index in [1.54, 1.807) is 12.1 Å². The zero-order valence-electron chi connectivity index (χ0n) is 12.8. The Balaban J connectivity index is 1.91. The van der Waals surface area contributed by atoms with Gasteiger partial charge in [0.1, 0.15) is 11.4 Å². The number of benzene rings is 1. The van der Waals surface area contributed by atoms with Crippen LogP contribution in [-0.2, 0) is 4.74 Å². The highest BCUT2D eigenvalue weighted by Crippen LogP contribution is 2.25. The van der Waals surface area contributed by atoms with E-state index in [0.29, 0.717) is 0 Å². The quantitative estimate of drug-likeness (QED) is 0.784. The molecule has 1 amide bonds. The van der Waals surface area contributed by atoms with Gasteiger partial charge in [0.2, 0.25) is 0 Å². The lowest BCUT2D eigenvalue weighted by molar-refractivity contribution is 0.0490. The first-order chi connectivity index (χ1) is 9.83. The second-order valence-corrected chi connectivity index (χ2v) is 6.47. The third-order valence-electron chi connectivity index (χ3n) is 3.42. The molecule has 1 aromatic carbocycles. The van der Waals surface area contributed by atoms with Crippen molar-refractivity contribution < 1.29 is 14.6 Å². The smallest absolute Gasteiger partial charge is 0.407 e. The lowest BCUT2D eigenvalue weighted by Gasteiger charge is -2.32. The Hall–Kier alpha value is -1.75. The summed E-state index contributed by atoms with van der Waals surface area (Å²) in [5, 5.41) is 15.7. The van der Waals surface area contributed by atoms with Gasteiger partial charge in [-0.05, 0) is 57.9 Å². The Bertz CT molecular complexity index is 479. The normalized spacial score (nSPS) is 22.6. The number of hydrogen-bond acceptors (Lipinski definition) is 4. The van der Waals surface area contributed by atoms with Gasteiger partial charge in [-0.15, -0.1) is 0 Å². The van der Waals surface area contributed by atoms with Crippen LogP contribution >= 0.6 is 0 Å². The Morgan fingerprint density at radius 3 is 2.62 bits per heavy atom. The molecule has 1 saturated heterocycles. The molecule has 1 aliphatic rings. The largest absolute Gasteiger partial charge is 0.508 e. The lowest BCUT2D eigenvalue weighted by atomic mass is 9.94. The van der Waals surface area contributed by atoms with Crippen LogP contribution in [-0.4, -0.2) is 29.4 Å². The van der Waals surface area contributed by atoms with Crippen molar-refractivity contribution in [2.75, 3.05) is 6.54 Å². The molecule has 3 N–H and O–H groups in total. The number of alkyl carbamates (subject to hydrolysis) is 1. The minimum Gasteiger partial charge on any atom is -0.508 e. The molecular weight excluding hydrogens is 268 g/mol. The number of carbonyl (C=O) groups is 1. The van der Waals surface area contributed by atoms with E-state index in [1.165, 1.54) is 0 Å². The van der Waals surface area contributed by atoms with E-state index in [1.807, 2.05) is 32.9 Å². The molecule has 116 valence electrons. The topological polar surface area (TPSA) is 70.6 Å². The molecule has 1 aromatic rings. The van der Waals surface area contributed by atoms with Gasteiger partial charge in [-0.25, -0.2) is 4.79 Å². The van der Waals surface area contributed by atoms with Crippen molar-refractivity contribution in [2.24, 2.45) is 0 Å². The molecule has 5 heteroatoms. The SMILES string of the molecule is CC(C)(C)OC(=O)NC1CCNC(c2ccc(O)cc2)C1. The molecule has 0 spiro atoms. The van der Waals surface area contributed by atoms with Crippen LogP contribution < -0.4 is 10.6 Å². The van der Waals surface area contributed by atoms with Crippen molar-refractivity contribution in [3.05, 3.63) is 29.8 Å². The Morgan fingerprint density at radius 2 is 2.00 bits per heavy atom. The number of phenols is 1. The Labute approximate surface area is 125 Å². The molecule has 2 atom stereocenters. The number of amides is 1. The molecule has 1 fully saturated rings. The number of ether oxygens (including phenoxy) is 1. The van der Waals surface area contributed by atoms with Crippen LogP contribution in [0.5, 0.6) is 5.75 Å². The zero-order chi connectivity index (χ0) is 15.5. The lowest BCUT2D eigenvalue weighted by Crippen LogP contribution is -2.45. The average Bonchev–Trinajstić information content (AvgIpc) is 2.37. The summed E-state index contributed by atoms with van der Waals surface area (Å²) in [6, 6.07) is 7.45. The average molecular weight is 292 g/mol. The van der Waals surface area contributed by atoms with Gasteiger partial charge in [0, 0.05) is 12.1 Å². The zero-order valence-corrected chi connectivity index (χ0v) is 12.8. The predicted octanol–water partition coefficient (Wildman–Crippen LogP) is 2.71. The Kier molecular flexibility index (Phi) is 4.73. The highest BCUT2D eigenvalue weighted by atomic mass is 16.6. The van der Waals surface area contributed by atoms with Gasteiger partial charge in [-0.2, -0.15) is 0 Å². The van der Waals surface area contributed by atoms with Crippen molar-refractivity contribution in [3.8, 4) is 5.75 Å². The highest BCUT2D eigenvalue weighted by molar-refractivity contribution is 5.68. The third kappa shape index (κ3) is 4.93. The van der Waals surface area contributed by atoms with Gasteiger partial charge in [0.25, 0.3) is 0 Å². The van der Waals surface area contributed by atoms with Gasteiger partial charge in [-0.3, -0.25) is 0 Å². The van der Waals surface area contributed by atoms with E-state index in [-0.39, 0.29) is 23.9 Å². The number of phenolic OH excluding ortho intramolecular Hbond substituents is 1. The minimum absolute atomic E-state index is 0.0971. The maximum absolute atomic E-state index is 11.8. The van der Waals surface area contributed by atoms with Crippen molar-refractivity contribution in [2.45, 2.75) is 51.3 Å². The standard InChI is InChI=1S/C16H24N2O3/c1-16(2,3)21-15(20)18-12-8-9-17-14(10-12)11-4-6-13(19)7-5-11/h4-7,12,14,17,19H,8-10H2,1-3H3,(H,18,20). The number of nitrogens with one attached hydrogen (secondary N) is 2. The van der Waals surface area contributed by atoms with Gasteiger partial charge in [-0.1, -0.05) is 12.1 Å². The number of carbonyl (C=O) groups excluding carboxylic acids is 1. The number of aromatic hydroxyl groups is 1. The van der Waals surface area contributed by atoms with E-state index in [9.17, 15) is 9.90 Å². The molecule has 0 radical (unpaired) electrons. The number of rotatable bonds is 2. The van der Waals surface area contributed by atoms with E-state index in [4.69, 9.17) is 4.74 Å². The molecule has 0 saturated carbocycles. The molecule has 0 bridgehead atoms. The second-order valence-electron chi connectivity index (χ2n) is 6.47. The van der Waals surface area contributed by atoms with Crippen LogP contribution in [0.15, 0.2) is 24.3 Å². The third-order valence-corrected chi connectivity index (χ3v) is 3.42. The first-order valence-electron chi connectivity index (χ1n) is 7.35. The maximum Gasteiger partial charge on any atom is 0.407 e. The first-order valence-corrected chi connectivity index (χ1v) is 7.35. The molecule has 5 nitrogen and oxygen atoms in total.